The first kappa shape index (κ1) is 16.1. The van der Waals surface area contributed by atoms with Gasteiger partial charge in [-0.1, -0.05) is 23.2 Å². The molecule has 0 bridgehead atoms. The molecule has 0 aliphatic heterocycles. The lowest BCUT2D eigenvalue weighted by atomic mass is 10.1. The van der Waals surface area contributed by atoms with Crippen molar-refractivity contribution in [2.24, 2.45) is 0 Å². The number of halogens is 2. The van der Waals surface area contributed by atoms with Crippen LogP contribution in [0.1, 0.15) is 20.3 Å². The molecule has 0 unspecified atom stereocenters. The second-order valence-corrected chi connectivity index (χ2v) is 5.58. The maximum absolute atomic E-state index is 11.5. The summed E-state index contributed by atoms with van der Waals surface area (Å²) in [6.45, 7) is 3.69. The fraction of sp³-hybridized carbons (Fsp3) is 0.462. The fourth-order valence-corrected chi connectivity index (χ4v) is 1.52. The van der Waals surface area contributed by atoms with Crippen LogP contribution in [0, 0.1) is 0 Å². The van der Waals surface area contributed by atoms with Gasteiger partial charge in [-0.25, -0.2) is 0 Å². The zero-order valence-corrected chi connectivity index (χ0v) is 12.4. The molecule has 106 valence electrons. The maximum atomic E-state index is 11.5. The molecule has 0 saturated carbocycles. The van der Waals surface area contributed by atoms with Gasteiger partial charge in [0.25, 0.3) is 0 Å². The molecule has 1 aromatic carbocycles. The first-order valence-corrected chi connectivity index (χ1v) is 6.60. The number of benzene rings is 1. The van der Waals surface area contributed by atoms with Crippen molar-refractivity contribution in [1.29, 1.82) is 0 Å². The van der Waals surface area contributed by atoms with E-state index in [1.165, 1.54) is 0 Å². The minimum absolute atomic E-state index is 0.179. The predicted molar refractivity (Wildman–Crippen MR) is 75.9 cm³/mol. The van der Waals surface area contributed by atoms with E-state index in [9.17, 15) is 9.90 Å². The summed E-state index contributed by atoms with van der Waals surface area (Å²) in [5.74, 6) is 0.381. The summed E-state index contributed by atoms with van der Waals surface area (Å²) >= 11 is 11.6. The lowest BCUT2D eigenvalue weighted by molar-refractivity contribution is -0.122. The Hall–Kier alpha value is -0.970. The van der Waals surface area contributed by atoms with Crippen molar-refractivity contribution in [1.82, 2.24) is 5.32 Å². The van der Waals surface area contributed by atoms with Crippen molar-refractivity contribution in [2.75, 3.05) is 13.2 Å². The minimum atomic E-state index is -0.916. The van der Waals surface area contributed by atoms with E-state index in [1.807, 2.05) is 0 Å². The summed E-state index contributed by atoms with van der Waals surface area (Å²) in [5, 5.41) is 12.9. The summed E-state index contributed by atoms with van der Waals surface area (Å²) in [5.41, 5.74) is -0.916. The average molecular weight is 306 g/mol. The zero-order chi connectivity index (χ0) is 14.5. The van der Waals surface area contributed by atoms with E-state index in [2.05, 4.69) is 5.32 Å². The fourth-order valence-electron chi connectivity index (χ4n) is 1.23. The quantitative estimate of drug-likeness (QED) is 0.849. The number of aliphatic hydroxyl groups is 1. The highest BCUT2D eigenvalue weighted by molar-refractivity contribution is 6.42. The molecule has 0 atom stereocenters. The van der Waals surface area contributed by atoms with E-state index in [1.54, 1.807) is 32.0 Å². The molecule has 0 fully saturated rings. The van der Waals surface area contributed by atoms with Crippen LogP contribution in [-0.4, -0.2) is 29.8 Å². The summed E-state index contributed by atoms with van der Waals surface area (Å²) in [4.78, 5) is 11.5. The lowest BCUT2D eigenvalue weighted by Gasteiger charge is -2.17. The molecule has 0 saturated heterocycles. The van der Waals surface area contributed by atoms with Crippen molar-refractivity contribution in [3.63, 3.8) is 0 Å². The summed E-state index contributed by atoms with van der Waals surface area (Å²) < 4.78 is 5.38. The average Bonchev–Trinajstić information content (AvgIpc) is 2.30. The van der Waals surface area contributed by atoms with Crippen LogP contribution in [0.2, 0.25) is 10.0 Å². The summed E-state index contributed by atoms with van der Waals surface area (Å²) in [6, 6.07) is 4.91. The van der Waals surface area contributed by atoms with E-state index in [0.29, 0.717) is 15.8 Å². The van der Waals surface area contributed by atoms with Crippen LogP contribution in [0.4, 0.5) is 0 Å². The zero-order valence-electron chi connectivity index (χ0n) is 10.9. The van der Waals surface area contributed by atoms with Crippen LogP contribution >= 0.6 is 23.2 Å². The van der Waals surface area contributed by atoms with Crippen LogP contribution < -0.4 is 10.1 Å². The molecule has 1 aromatic rings. The van der Waals surface area contributed by atoms with Crippen molar-refractivity contribution < 1.29 is 14.6 Å². The number of carbonyl (C=O) groups excluding carboxylic acids is 1. The van der Waals surface area contributed by atoms with E-state index in [0.717, 1.165) is 0 Å². The molecule has 0 spiro atoms. The van der Waals surface area contributed by atoms with Crippen LogP contribution in [-0.2, 0) is 4.79 Å². The topological polar surface area (TPSA) is 58.6 Å². The third-order valence-electron chi connectivity index (χ3n) is 2.21. The third kappa shape index (κ3) is 6.66. The summed E-state index contributed by atoms with van der Waals surface area (Å²) in [7, 11) is 0. The number of carbonyl (C=O) groups is 1. The lowest BCUT2D eigenvalue weighted by Crippen LogP contribution is -2.38. The monoisotopic (exact) mass is 305 g/mol. The Balaban J connectivity index is 2.30. The van der Waals surface area contributed by atoms with Gasteiger partial charge in [-0.3, -0.25) is 4.79 Å². The van der Waals surface area contributed by atoms with Gasteiger partial charge >= 0.3 is 0 Å². The molecule has 1 amide bonds. The summed E-state index contributed by atoms with van der Waals surface area (Å²) in [6.07, 6.45) is 0.205. The van der Waals surface area contributed by atoms with Crippen LogP contribution in [0.15, 0.2) is 18.2 Å². The molecule has 0 radical (unpaired) electrons. The van der Waals surface area contributed by atoms with Gasteiger partial charge in [0.1, 0.15) is 5.75 Å². The van der Waals surface area contributed by atoms with Crippen LogP contribution in [0.5, 0.6) is 5.75 Å². The largest absolute Gasteiger partial charge is 0.493 e. The Morgan fingerprint density at radius 3 is 2.63 bits per heavy atom. The number of hydrogen-bond donors (Lipinski definition) is 2. The molecular formula is C13H17Cl2NO3. The molecule has 2 N–H and O–H groups in total. The number of rotatable bonds is 6. The van der Waals surface area contributed by atoms with Crippen LogP contribution in [0.25, 0.3) is 0 Å². The smallest absolute Gasteiger partial charge is 0.223 e. The second kappa shape index (κ2) is 6.98. The second-order valence-electron chi connectivity index (χ2n) is 4.76. The van der Waals surface area contributed by atoms with Gasteiger partial charge in [-0.05, 0) is 26.0 Å². The number of ether oxygens (including phenoxy) is 1. The first-order chi connectivity index (χ1) is 8.78. The normalized spacial score (nSPS) is 11.2. The predicted octanol–water partition coefficient (Wildman–Crippen LogP) is 2.65. The third-order valence-corrected chi connectivity index (χ3v) is 2.95. The van der Waals surface area contributed by atoms with Gasteiger partial charge in [-0.15, -0.1) is 0 Å². The van der Waals surface area contributed by atoms with Gasteiger partial charge < -0.3 is 15.2 Å². The SMILES string of the molecule is CC(C)(O)CNC(=O)CCOc1ccc(Cl)c(Cl)c1. The van der Waals surface area contributed by atoms with Gasteiger partial charge in [0.15, 0.2) is 0 Å². The molecule has 4 nitrogen and oxygen atoms in total. The Morgan fingerprint density at radius 1 is 1.37 bits per heavy atom. The number of nitrogens with one attached hydrogen (secondary N) is 1. The molecule has 19 heavy (non-hydrogen) atoms. The van der Waals surface area contributed by atoms with E-state index < -0.39 is 5.60 Å². The van der Waals surface area contributed by atoms with E-state index in [-0.39, 0.29) is 25.5 Å². The minimum Gasteiger partial charge on any atom is -0.493 e. The van der Waals surface area contributed by atoms with Gasteiger partial charge in [-0.2, -0.15) is 0 Å². The molecule has 6 heteroatoms. The Kier molecular flexibility index (Phi) is 5.91. The highest BCUT2D eigenvalue weighted by Crippen LogP contribution is 2.26. The Labute approximate surface area is 122 Å². The van der Waals surface area contributed by atoms with Crippen molar-refractivity contribution in [3.05, 3.63) is 28.2 Å². The van der Waals surface area contributed by atoms with Crippen molar-refractivity contribution in [2.45, 2.75) is 25.9 Å². The maximum Gasteiger partial charge on any atom is 0.223 e. The molecule has 0 aliphatic rings. The number of hydrogen-bond acceptors (Lipinski definition) is 3. The molecular weight excluding hydrogens is 289 g/mol. The number of amides is 1. The Bertz CT molecular complexity index is 444. The van der Waals surface area contributed by atoms with Crippen molar-refractivity contribution >= 4 is 29.1 Å². The van der Waals surface area contributed by atoms with E-state index in [4.69, 9.17) is 27.9 Å². The first-order valence-electron chi connectivity index (χ1n) is 5.85. The Morgan fingerprint density at radius 2 is 2.05 bits per heavy atom. The molecule has 0 heterocycles. The highest BCUT2D eigenvalue weighted by atomic mass is 35.5. The van der Waals surface area contributed by atoms with Crippen LogP contribution in [0.3, 0.4) is 0 Å². The van der Waals surface area contributed by atoms with Gasteiger partial charge in [0.2, 0.25) is 5.91 Å². The van der Waals surface area contributed by atoms with E-state index >= 15 is 0 Å². The molecule has 1 rings (SSSR count). The highest BCUT2D eigenvalue weighted by Gasteiger charge is 2.13. The standard InChI is InChI=1S/C13H17Cl2NO3/c1-13(2,18)8-16-12(17)5-6-19-9-3-4-10(14)11(15)7-9/h3-4,7,18H,5-6,8H2,1-2H3,(H,16,17). The van der Waals surface area contributed by atoms with Gasteiger partial charge in [0.05, 0.1) is 28.7 Å². The van der Waals surface area contributed by atoms with Gasteiger partial charge in [0, 0.05) is 12.6 Å². The molecule has 0 aromatic heterocycles. The molecule has 0 aliphatic carbocycles. The van der Waals surface area contributed by atoms with Crippen molar-refractivity contribution in [3.8, 4) is 5.75 Å².